The van der Waals surface area contributed by atoms with E-state index >= 15 is 0 Å². The van der Waals surface area contributed by atoms with E-state index in [1.54, 1.807) is 33.8 Å². The lowest BCUT2D eigenvalue weighted by Crippen LogP contribution is -2.52. The predicted octanol–water partition coefficient (Wildman–Crippen LogP) is 3.15. The van der Waals surface area contributed by atoms with Gasteiger partial charge in [-0.05, 0) is 27.2 Å². The second-order valence-electron chi connectivity index (χ2n) is 5.98. The van der Waals surface area contributed by atoms with E-state index < -0.39 is 39.6 Å². The summed E-state index contributed by atoms with van der Waals surface area (Å²) in [6.07, 6.45) is 0.713. The van der Waals surface area contributed by atoms with Gasteiger partial charge >= 0.3 is 21.7 Å². The zero-order chi connectivity index (χ0) is 18.1. The van der Waals surface area contributed by atoms with Gasteiger partial charge in [-0.2, -0.15) is 21.6 Å². The number of hydrogen-bond donors (Lipinski definition) is 0. The third-order valence-corrected chi connectivity index (χ3v) is 3.95. The van der Waals surface area contributed by atoms with Crippen LogP contribution in [0.3, 0.4) is 0 Å². The van der Waals surface area contributed by atoms with Crippen molar-refractivity contribution in [3.8, 4) is 0 Å². The van der Waals surface area contributed by atoms with Crippen LogP contribution < -0.4 is 0 Å². The fraction of sp³-hybridized carbons (Fsp3) is 0.769. The van der Waals surface area contributed by atoms with Gasteiger partial charge in [-0.1, -0.05) is 19.1 Å². The Balaban J connectivity index is 3.09. The van der Waals surface area contributed by atoms with E-state index in [2.05, 4.69) is 4.18 Å². The highest BCUT2D eigenvalue weighted by Gasteiger charge is 2.50. The van der Waals surface area contributed by atoms with Gasteiger partial charge in [0.15, 0.2) is 6.23 Å². The van der Waals surface area contributed by atoms with E-state index in [9.17, 15) is 26.4 Å². The van der Waals surface area contributed by atoms with Gasteiger partial charge in [0, 0.05) is 6.42 Å². The van der Waals surface area contributed by atoms with Crippen molar-refractivity contribution in [2.45, 2.75) is 63.9 Å². The fourth-order valence-electron chi connectivity index (χ4n) is 1.96. The van der Waals surface area contributed by atoms with Crippen LogP contribution in [0.2, 0.25) is 0 Å². The molecule has 0 radical (unpaired) electrons. The van der Waals surface area contributed by atoms with Crippen LogP contribution in [0, 0.1) is 0 Å². The molecule has 0 N–H and O–H groups in total. The number of rotatable bonds is 3. The minimum absolute atomic E-state index is 0.189. The van der Waals surface area contributed by atoms with Crippen LogP contribution in [0.25, 0.3) is 0 Å². The highest BCUT2D eigenvalue weighted by molar-refractivity contribution is 7.87. The third kappa shape index (κ3) is 5.10. The van der Waals surface area contributed by atoms with Crippen molar-refractivity contribution >= 4 is 16.2 Å². The molecule has 0 saturated carbocycles. The van der Waals surface area contributed by atoms with E-state index in [0.717, 1.165) is 4.90 Å². The SMILES string of the molecule is CCC1C=CCC(OS(=O)(=O)C(F)(F)F)N1C(=O)OC(C)(C)C. The average molecular weight is 359 g/mol. The normalized spacial score (nSPS) is 23.0. The zero-order valence-electron chi connectivity index (χ0n) is 13.3. The van der Waals surface area contributed by atoms with Gasteiger partial charge in [-0.25, -0.2) is 8.98 Å². The van der Waals surface area contributed by atoms with Crippen LogP contribution in [0.4, 0.5) is 18.0 Å². The predicted molar refractivity (Wildman–Crippen MR) is 75.8 cm³/mol. The van der Waals surface area contributed by atoms with E-state index in [4.69, 9.17) is 4.74 Å². The molecule has 0 saturated heterocycles. The molecule has 0 aliphatic carbocycles. The molecular weight excluding hydrogens is 339 g/mol. The van der Waals surface area contributed by atoms with Crippen LogP contribution in [-0.4, -0.2) is 42.8 Å². The minimum Gasteiger partial charge on any atom is -0.444 e. The van der Waals surface area contributed by atoms with Crippen molar-refractivity contribution in [3.05, 3.63) is 12.2 Å². The van der Waals surface area contributed by atoms with Gasteiger partial charge in [0.25, 0.3) is 0 Å². The molecule has 1 aliphatic heterocycles. The maximum absolute atomic E-state index is 12.5. The molecule has 0 bridgehead atoms. The Kier molecular flexibility index (Phi) is 5.74. The van der Waals surface area contributed by atoms with Crippen molar-refractivity contribution in [1.29, 1.82) is 0 Å². The van der Waals surface area contributed by atoms with Crippen LogP contribution in [0.15, 0.2) is 12.2 Å². The monoisotopic (exact) mass is 359 g/mol. The molecule has 6 nitrogen and oxygen atoms in total. The number of halogens is 3. The Labute approximate surface area is 133 Å². The standard InChI is InChI=1S/C13H20F3NO5S/c1-5-9-7-6-8-10(22-23(19,20)13(14,15)16)17(9)11(18)21-12(2,3)4/h6-7,9-10H,5,8H2,1-4H3. The van der Waals surface area contributed by atoms with E-state index in [0.29, 0.717) is 6.42 Å². The first-order valence-electron chi connectivity index (χ1n) is 6.96. The van der Waals surface area contributed by atoms with E-state index in [-0.39, 0.29) is 6.42 Å². The molecule has 2 unspecified atom stereocenters. The largest absolute Gasteiger partial charge is 0.523 e. The van der Waals surface area contributed by atoms with Crippen LogP contribution in [0.1, 0.15) is 40.5 Å². The maximum atomic E-state index is 12.5. The van der Waals surface area contributed by atoms with Gasteiger partial charge in [-0.3, -0.25) is 4.90 Å². The van der Waals surface area contributed by atoms with Crippen LogP contribution in [0.5, 0.6) is 0 Å². The topological polar surface area (TPSA) is 72.9 Å². The Morgan fingerprint density at radius 3 is 2.30 bits per heavy atom. The average Bonchev–Trinajstić information content (AvgIpc) is 2.34. The first kappa shape index (κ1) is 19.8. The summed E-state index contributed by atoms with van der Waals surface area (Å²) in [5.74, 6) is 0. The summed E-state index contributed by atoms with van der Waals surface area (Å²) in [4.78, 5) is 13.1. The number of amides is 1. The quantitative estimate of drug-likeness (QED) is 0.440. The molecule has 10 heteroatoms. The molecule has 0 aromatic heterocycles. The van der Waals surface area contributed by atoms with Gasteiger partial charge in [0.2, 0.25) is 0 Å². The summed E-state index contributed by atoms with van der Waals surface area (Å²) in [5, 5.41) is 0. The third-order valence-electron chi connectivity index (χ3n) is 2.91. The number of nitrogens with zero attached hydrogens (tertiary/aromatic N) is 1. The second kappa shape index (κ2) is 6.68. The molecule has 0 fully saturated rings. The van der Waals surface area contributed by atoms with Gasteiger partial charge in [0.1, 0.15) is 5.60 Å². The van der Waals surface area contributed by atoms with Gasteiger partial charge < -0.3 is 4.74 Å². The lowest BCUT2D eigenvalue weighted by Gasteiger charge is -2.38. The summed E-state index contributed by atoms with van der Waals surface area (Å²) in [5.41, 5.74) is -6.44. The van der Waals surface area contributed by atoms with Gasteiger partial charge in [0.05, 0.1) is 6.04 Å². The molecule has 1 aliphatic rings. The molecule has 0 spiro atoms. The molecule has 1 heterocycles. The van der Waals surface area contributed by atoms with Crippen molar-refractivity contribution in [1.82, 2.24) is 4.90 Å². The lowest BCUT2D eigenvalue weighted by atomic mass is 10.1. The fourth-order valence-corrected chi connectivity index (χ4v) is 2.53. The molecule has 1 amide bonds. The maximum Gasteiger partial charge on any atom is 0.523 e. The first-order chi connectivity index (χ1) is 10.3. The van der Waals surface area contributed by atoms with Crippen molar-refractivity contribution < 1.29 is 35.3 Å². The highest BCUT2D eigenvalue weighted by atomic mass is 32.2. The number of alkyl halides is 3. The zero-order valence-corrected chi connectivity index (χ0v) is 14.1. The minimum atomic E-state index is -5.82. The summed E-state index contributed by atoms with van der Waals surface area (Å²) in [6.45, 7) is 6.48. The molecular formula is C13H20F3NO5S. The molecule has 2 atom stereocenters. The Morgan fingerprint density at radius 1 is 1.30 bits per heavy atom. The number of carbonyl (C=O) groups is 1. The Bertz CT molecular complexity index is 565. The van der Waals surface area contributed by atoms with Crippen molar-refractivity contribution in [3.63, 3.8) is 0 Å². The van der Waals surface area contributed by atoms with E-state index in [1.165, 1.54) is 6.08 Å². The second-order valence-corrected chi connectivity index (χ2v) is 7.54. The number of carbonyl (C=O) groups excluding carboxylic acids is 1. The lowest BCUT2D eigenvalue weighted by molar-refractivity contribution is -0.0733. The van der Waals surface area contributed by atoms with Crippen LogP contribution >= 0.6 is 0 Å². The highest BCUT2D eigenvalue weighted by Crippen LogP contribution is 2.30. The van der Waals surface area contributed by atoms with Crippen LogP contribution in [-0.2, 0) is 19.0 Å². The molecule has 23 heavy (non-hydrogen) atoms. The van der Waals surface area contributed by atoms with E-state index in [1.807, 2.05) is 0 Å². The van der Waals surface area contributed by atoms with Gasteiger partial charge in [-0.15, -0.1) is 0 Å². The van der Waals surface area contributed by atoms with Crippen molar-refractivity contribution in [2.75, 3.05) is 0 Å². The summed E-state index contributed by atoms with van der Waals surface area (Å²) >= 11 is 0. The Morgan fingerprint density at radius 2 is 1.87 bits per heavy atom. The van der Waals surface area contributed by atoms with Crippen molar-refractivity contribution in [2.24, 2.45) is 0 Å². The summed E-state index contributed by atoms with van der Waals surface area (Å²) in [6, 6.07) is -0.618. The smallest absolute Gasteiger partial charge is 0.444 e. The first-order valence-corrected chi connectivity index (χ1v) is 8.37. The summed E-state index contributed by atoms with van der Waals surface area (Å²) < 4.78 is 69.3. The number of ether oxygens (including phenoxy) is 1. The molecule has 134 valence electrons. The summed E-state index contributed by atoms with van der Waals surface area (Å²) in [7, 11) is -5.82. The molecule has 0 aromatic carbocycles. The number of hydrogen-bond acceptors (Lipinski definition) is 5. The Hall–Kier alpha value is -1.29. The molecule has 0 aromatic rings. The molecule has 1 rings (SSSR count).